The van der Waals surface area contributed by atoms with E-state index < -0.39 is 17.6 Å². The van der Waals surface area contributed by atoms with Crippen molar-refractivity contribution in [1.29, 1.82) is 0 Å². The Hall–Kier alpha value is -1.43. The van der Waals surface area contributed by atoms with Gasteiger partial charge in [-0.05, 0) is 24.3 Å². The fourth-order valence-electron chi connectivity index (χ4n) is 1.01. The Morgan fingerprint density at radius 3 is 2.38 bits per heavy atom. The average Bonchev–Trinajstić information content (AvgIpc) is 2.14. The first-order valence-electron chi connectivity index (χ1n) is 4.15. The standard InChI is InChI=1S/C10H7F4NS/c11-8-5-7(10(12,13)14)3-1-6(8)2-4-9(15)16/h1-5H,(H2,15,16)/b4-2+. The summed E-state index contributed by atoms with van der Waals surface area (Å²) in [5.74, 6) is -0.970. The minimum absolute atomic E-state index is 0.000741. The Bertz CT molecular complexity index is 437. The van der Waals surface area contributed by atoms with Crippen LogP contribution in [0.15, 0.2) is 24.3 Å². The zero-order chi connectivity index (χ0) is 12.3. The van der Waals surface area contributed by atoms with Crippen LogP contribution in [0.4, 0.5) is 17.6 Å². The van der Waals surface area contributed by atoms with Crippen LogP contribution in [0.25, 0.3) is 6.08 Å². The van der Waals surface area contributed by atoms with Crippen LogP contribution in [-0.4, -0.2) is 4.99 Å². The lowest BCUT2D eigenvalue weighted by Gasteiger charge is -2.07. The maximum Gasteiger partial charge on any atom is 0.416 e. The highest BCUT2D eigenvalue weighted by atomic mass is 32.1. The molecule has 1 rings (SSSR count). The van der Waals surface area contributed by atoms with Crippen LogP contribution in [0.1, 0.15) is 11.1 Å². The van der Waals surface area contributed by atoms with E-state index in [1.165, 1.54) is 12.2 Å². The van der Waals surface area contributed by atoms with Gasteiger partial charge in [-0.25, -0.2) is 4.39 Å². The SMILES string of the molecule is NC(=S)/C=C/c1ccc(C(F)(F)F)cc1F. The summed E-state index contributed by atoms with van der Waals surface area (Å²) in [4.78, 5) is 0.0271. The smallest absolute Gasteiger partial charge is 0.390 e. The molecule has 0 heterocycles. The highest BCUT2D eigenvalue weighted by Gasteiger charge is 2.30. The van der Waals surface area contributed by atoms with Crippen LogP contribution < -0.4 is 5.73 Å². The van der Waals surface area contributed by atoms with Crippen molar-refractivity contribution in [2.45, 2.75) is 6.18 Å². The predicted molar refractivity (Wildman–Crippen MR) is 57.2 cm³/mol. The van der Waals surface area contributed by atoms with Crippen molar-refractivity contribution in [2.75, 3.05) is 0 Å². The van der Waals surface area contributed by atoms with Crippen molar-refractivity contribution in [1.82, 2.24) is 0 Å². The van der Waals surface area contributed by atoms with Gasteiger partial charge in [0, 0.05) is 5.56 Å². The zero-order valence-corrected chi connectivity index (χ0v) is 8.70. The van der Waals surface area contributed by atoms with Crippen LogP contribution in [0.2, 0.25) is 0 Å². The molecule has 0 bridgehead atoms. The number of halogens is 4. The third-order valence-corrected chi connectivity index (χ3v) is 1.89. The van der Waals surface area contributed by atoms with Crippen molar-refractivity contribution in [3.8, 4) is 0 Å². The molecule has 1 aromatic carbocycles. The number of alkyl halides is 3. The van der Waals surface area contributed by atoms with Gasteiger partial charge >= 0.3 is 6.18 Å². The number of rotatable bonds is 2. The zero-order valence-electron chi connectivity index (χ0n) is 7.88. The maximum atomic E-state index is 13.2. The molecule has 0 saturated heterocycles. The van der Waals surface area contributed by atoms with E-state index in [1.807, 2.05) is 0 Å². The van der Waals surface area contributed by atoms with Gasteiger partial charge in [-0.1, -0.05) is 18.3 Å². The van der Waals surface area contributed by atoms with E-state index in [0.29, 0.717) is 6.07 Å². The van der Waals surface area contributed by atoms with E-state index in [-0.39, 0.29) is 10.6 Å². The third-order valence-electron chi connectivity index (χ3n) is 1.75. The second-order valence-corrected chi connectivity index (χ2v) is 3.44. The highest BCUT2D eigenvalue weighted by molar-refractivity contribution is 7.80. The molecule has 0 aromatic heterocycles. The van der Waals surface area contributed by atoms with Crippen molar-refractivity contribution in [3.05, 3.63) is 41.2 Å². The second kappa shape index (κ2) is 4.61. The number of thiocarbonyl (C=S) groups is 1. The van der Waals surface area contributed by atoms with E-state index in [4.69, 9.17) is 5.73 Å². The molecule has 1 nitrogen and oxygen atoms in total. The number of hydrogen-bond acceptors (Lipinski definition) is 1. The summed E-state index contributed by atoms with van der Waals surface area (Å²) in [7, 11) is 0. The average molecular weight is 249 g/mol. The van der Waals surface area contributed by atoms with Gasteiger partial charge in [-0.15, -0.1) is 0 Å². The van der Waals surface area contributed by atoms with Gasteiger partial charge in [0.2, 0.25) is 0 Å². The second-order valence-electron chi connectivity index (χ2n) is 2.97. The minimum Gasteiger partial charge on any atom is -0.390 e. The molecule has 0 atom stereocenters. The van der Waals surface area contributed by atoms with E-state index in [0.717, 1.165) is 12.1 Å². The van der Waals surface area contributed by atoms with E-state index in [2.05, 4.69) is 12.2 Å². The van der Waals surface area contributed by atoms with E-state index >= 15 is 0 Å². The Balaban J connectivity index is 3.05. The number of benzene rings is 1. The molecular formula is C10H7F4NS. The van der Waals surface area contributed by atoms with Crippen LogP contribution in [0.5, 0.6) is 0 Å². The minimum atomic E-state index is -4.55. The lowest BCUT2D eigenvalue weighted by atomic mass is 10.1. The van der Waals surface area contributed by atoms with Gasteiger partial charge in [0.15, 0.2) is 0 Å². The van der Waals surface area contributed by atoms with Crippen molar-refractivity contribution < 1.29 is 17.6 Å². The van der Waals surface area contributed by atoms with Crippen molar-refractivity contribution in [2.24, 2.45) is 5.73 Å². The van der Waals surface area contributed by atoms with E-state index in [9.17, 15) is 17.6 Å². The normalized spacial score (nSPS) is 12.0. The molecule has 0 fully saturated rings. The summed E-state index contributed by atoms with van der Waals surface area (Å²) >= 11 is 4.51. The molecular weight excluding hydrogens is 242 g/mol. The molecule has 0 aliphatic carbocycles. The molecule has 86 valence electrons. The van der Waals surface area contributed by atoms with Crippen LogP contribution in [0.3, 0.4) is 0 Å². The van der Waals surface area contributed by atoms with Gasteiger partial charge in [-0.3, -0.25) is 0 Å². The first-order chi connectivity index (χ1) is 7.30. The van der Waals surface area contributed by atoms with Gasteiger partial charge in [-0.2, -0.15) is 13.2 Å². The first kappa shape index (κ1) is 12.6. The Morgan fingerprint density at radius 2 is 1.94 bits per heavy atom. The fourth-order valence-corrected chi connectivity index (χ4v) is 1.08. The summed E-state index contributed by atoms with van der Waals surface area (Å²) in [5.41, 5.74) is 4.10. The Morgan fingerprint density at radius 1 is 1.31 bits per heavy atom. The largest absolute Gasteiger partial charge is 0.416 e. The summed E-state index contributed by atoms with van der Waals surface area (Å²) in [6, 6.07) is 2.24. The molecule has 1 aromatic rings. The fraction of sp³-hybridized carbons (Fsp3) is 0.100. The molecule has 6 heteroatoms. The lowest BCUT2D eigenvalue weighted by Crippen LogP contribution is -2.06. The van der Waals surface area contributed by atoms with E-state index in [1.54, 1.807) is 0 Å². The van der Waals surface area contributed by atoms with Crippen LogP contribution >= 0.6 is 12.2 Å². The Labute approximate surface area is 94.6 Å². The number of hydrogen-bond donors (Lipinski definition) is 1. The van der Waals surface area contributed by atoms with Gasteiger partial charge in [0.05, 0.1) is 10.6 Å². The molecule has 0 aliphatic heterocycles. The molecule has 0 saturated carbocycles. The number of nitrogens with two attached hydrogens (primary N) is 1. The highest BCUT2D eigenvalue weighted by Crippen LogP contribution is 2.30. The van der Waals surface area contributed by atoms with Gasteiger partial charge in [0.1, 0.15) is 5.82 Å². The third kappa shape index (κ3) is 3.30. The summed E-state index contributed by atoms with van der Waals surface area (Å²) in [6.07, 6.45) is -2.09. The topological polar surface area (TPSA) is 26.0 Å². The predicted octanol–water partition coefficient (Wildman–Crippen LogP) is 3.14. The molecule has 0 amide bonds. The van der Waals surface area contributed by atoms with Crippen LogP contribution in [0, 0.1) is 5.82 Å². The lowest BCUT2D eigenvalue weighted by molar-refractivity contribution is -0.137. The van der Waals surface area contributed by atoms with Gasteiger partial charge < -0.3 is 5.73 Å². The van der Waals surface area contributed by atoms with Crippen molar-refractivity contribution in [3.63, 3.8) is 0 Å². The molecule has 0 unspecified atom stereocenters. The maximum absolute atomic E-state index is 13.2. The monoisotopic (exact) mass is 249 g/mol. The van der Waals surface area contributed by atoms with Crippen molar-refractivity contribution >= 4 is 23.3 Å². The summed E-state index contributed by atoms with van der Waals surface area (Å²) in [5, 5.41) is 0. The van der Waals surface area contributed by atoms with Gasteiger partial charge in [0.25, 0.3) is 0 Å². The first-order valence-corrected chi connectivity index (χ1v) is 4.56. The molecule has 0 radical (unpaired) electrons. The molecule has 16 heavy (non-hydrogen) atoms. The van der Waals surface area contributed by atoms with Crippen LogP contribution in [-0.2, 0) is 6.18 Å². The molecule has 0 spiro atoms. The molecule has 2 N–H and O–H groups in total. The summed E-state index contributed by atoms with van der Waals surface area (Å²) < 4.78 is 49.8. The quantitative estimate of drug-likeness (QED) is 0.495. The summed E-state index contributed by atoms with van der Waals surface area (Å²) in [6.45, 7) is 0. The Kier molecular flexibility index (Phi) is 3.64. The molecule has 0 aliphatic rings.